The van der Waals surface area contributed by atoms with Crippen molar-refractivity contribution in [2.24, 2.45) is 0 Å². The van der Waals surface area contributed by atoms with Crippen LogP contribution >= 0.6 is 0 Å². The molecule has 2 heterocycles. The number of para-hydroxylation sites is 1. The summed E-state index contributed by atoms with van der Waals surface area (Å²) in [4.78, 5) is 21.3. The Labute approximate surface area is 167 Å². The number of anilines is 2. The van der Waals surface area contributed by atoms with Gasteiger partial charge in [0.1, 0.15) is 11.4 Å². The van der Waals surface area contributed by atoms with Gasteiger partial charge in [-0.2, -0.15) is 0 Å². The maximum atomic E-state index is 12.6. The molecule has 2 N–H and O–H groups in total. The highest BCUT2D eigenvalue weighted by molar-refractivity contribution is 5.92. The number of aromatic nitrogens is 2. The van der Waals surface area contributed by atoms with Crippen molar-refractivity contribution >= 4 is 17.5 Å². The number of carbonyl (C=O) groups excluding carboxylic acids is 1. The van der Waals surface area contributed by atoms with Gasteiger partial charge in [-0.15, -0.1) is 0 Å². The lowest BCUT2D eigenvalue weighted by Crippen LogP contribution is -2.24. The van der Waals surface area contributed by atoms with Crippen LogP contribution in [0.5, 0.6) is 17.2 Å². The van der Waals surface area contributed by atoms with Crippen LogP contribution in [-0.4, -0.2) is 29.8 Å². The van der Waals surface area contributed by atoms with Crippen LogP contribution in [-0.2, 0) is 6.54 Å². The number of ether oxygens (including phenoxy) is 3. The minimum atomic E-state index is -0.296. The predicted molar refractivity (Wildman–Crippen MR) is 107 cm³/mol. The van der Waals surface area contributed by atoms with Crippen LogP contribution in [0.4, 0.5) is 11.6 Å². The molecule has 8 nitrogen and oxygen atoms in total. The van der Waals surface area contributed by atoms with Gasteiger partial charge in [-0.3, -0.25) is 4.79 Å². The minimum Gasteiger partial charge on any atom is -0.496 e. The summed E-state index contributed by atoms with van der Waals surface area (Å²) in [6.07, 6.45) is 0. The molecule has 0 unspecified atom stereocenters. The lowest BCUT2D eigenvalue weighted by atomic mass is 10.2. The van der Waals surface area contributed by atoms with Crippen molar-refractivity contribution in [3.05, 3.63) is 65.5 Å². The molecule has 29 heavy (non-hydrogen) atoms. The van der Waals surface area contributed by atoms with Crippen molar-refractivity contribution < 1.29 is 19.0 Å². The second-order valence-corrected chi connectivity index (χ2v) is 6.41. The summed E-state index contributed by atoms with van der Waals surface area (Å²) in [5.41, 5.74) is 2.56. The summed E-state index contributed by atoms with van der Waals surface area (Å²) in [7, 11) is 1.60. The molecule has 148 valence electrons. The molecule has 1 aromatic heterocycles. The Morgan fingerprint density at radius 3 is 2.79 bits per heavy atom. The number of rotatable bonds is 6. The number of carbonyl (C=O) groups is 1. The summed E-state index contributed by atoms with van der Waals surface area (Å²) in [6.45, 7) is 2.34. The average Bonchev–Trinajstić information content (AvgIpc) is 3.19. The quantitative estimate of drug-likeness (QED) is 0.665. The van der Waals surface area contributed by atoms with Gasteiger partial charge in [0, 0.05) is 29.6 Å². The molecule has 0 fully saturated rings. The zero-order valence-corrected chi connectivity index (χ0v) is 16.1. The van der Waals surface area contributed by atoms with Crippen LogP contribution in [0.2, 0.25) is 0 Å². The van der Waals surface area contributed by atoms with E-state index < -0.39 is 0 Å². The standard InChI is InChI=1S/C21H20N4O4/c1-13-9-16(20(26)22-11-14-5-3-4-6-17(14)27-2)25-21(23-13)24-15-7-8-18-19(10-15)29-12-28-18/h3-10H,11-12H2,1-2H3,(H,22,26)(H,23,24,25). The van der Waals surface area contributed by atoms with Gasteiger partial charge in [0.05, 0.1) is 7.11 Å². The molecule has 0 saturated heterocycles. The van der Waals surface area contributed by atoms with Crippen molar-refractivity contribution in [3.63, 3.8) is 0 Å². The van der Waals surface area contributed by atoms with E-state index in [1.165, 1.54) is 0 Å². The van der Waals surface area contributed by atoms with E-state index in [-0.39, 0.29) is 18.4 Å². The topological polar surface area (TPSA) is 94.6 Å². The first-order valence-corrected chi connectivity index (χ1v) is 9.05. The molecular weight excluding hydrogens is 372 g/mol. The number of aryl methyl sites for hydroxylation is 1. The maximum Gasteiger partial charge on any atom is 0.270 e. The van der Waals surface area contributed by atoms with Crippen LogP contribution in [0.25, 0.3) is 0 Å². The van der Waals surface area contributed by atoms with Gasteiger partial charge in [-0.1, -0.05) is 18.2 Å². The number of benzene rings is 2. The largest absolute Gasteiger partial charge is 0.496 e. The first-order valence-electron chi connectivity index (χ1n) is 9.05. The monoisotopic (exact) mass is 392 g/mol. The Bertz CT molecular complexity index is 1050. The predicted octanol–water partition coefficient (Wildman–Crippen LogP) is 3.20. The van der Waals surface area contributed by atoms with E-state index in [0.717, 1.165) is 17.0 Å². The summed E-state index contributed by atoms with van der Waals surface area (Å²) in [5, 5.41) is 5.97. The van der Waals surface area contributed by atoms with Crippen molar-refractivity contribution in [2.75, 3.05) is 19.2 Å². The van der Waals surface area contributed by atoms with Crippen LogP contribution in [0.15, 0.2) is 48.5 Å². The highest BCUT2D eigenvalue weighted by atomic mass is 16.7. The number of nitrogens with one attached hydrogen (secondary N) is 2. The second kappa shape index (κ2) is 8.05. The van der Waals surface area contributed by atoms with Crippen LogP contribution in [0.3, 0.4) is 0 Å². The maximum absolute atomic E-state index is 12.6. The third-order valence-electron chi connectivity index (χ3n) is 4.35. The molecular formula is C21H20N4O4. The molecule has 0 radical (unpaired) electrons. The zero-order valence-electron chi connectivity index (χ0n) is 16.1. The molecule has 1 aliphatic rings. The van der Waals surface area contributed by atoms with Crippen molar-refractivity contribution in [2.45, 2.75) is 13.5 Å². The van der Waals surface area contributed by atoms with Crippen LogP contribution in [0.1, 0.15) is 21.7 Å². The summed E-state index contributed by atoms with van der Waals surface area (Å²) in [6, 6.07) is 14.6. The molecule has 0 bridgehead atoms. The van der Waals surface area contributed by atoms with E-state index in [1.54, 1.807) is 25.3 Å². The Morgan fingerprint density at radius 1 is 1.10 bits per heavy atom. The number of hydrogen-bond donors (Lipinski definition) is 2. The lowest BCUT2D eigenvalue weighted by Gasteiger charge is -2.11. The molecule has 1 amide bonds. The van der Waals surface area contributed by atoms with E-state index in [0.29, 0.717) is 29.7 Å². The van der Waals surface area contributed by atoms with E-state index in [2.05, 4.69) is 20.6 Å². The Hall–Kier alpha value is -3.81. The average molecular weight is 392 g/mol. The molecule has 0 atom stereocenters. The lowest BCUT2D eigenvalue weighted by molar-refractivity contribution is 0.0945. The van der Waals surface area contributed by atoms with Crippen molar-refractivity contribution in [1.82, 2.24) is 15.3 Å². The SMILES string of the molecule is COc1ccccc1CNC(=O)c1cc(C)nc(Nc2ccc3c(c2)OCO3)n1. The Morgan fingerprint density at radius 2 is 1.93 bits per heavy atom. The smallest absolute Gasteiger partial charge is 0.270 e. The fourth-order valence-corrected chi connectivity index (χ4v) is 2.96. The molecule has 4 rings (SSSR count). The Kier molecular flexibility index (Phi) is 5.15. The molecule has 0 spiro atoms. The van der Waals surface area contributed by atoms with Gasteiger partial charge in [0.15, 0.2) is 11.5 Å². The van der Waals surface area contributed by atoms with Gasteiger partial charge in [0.2, 0.25) is 12.7 Å². The zero-order chi connectivity index (χ0) is 20.2. The molecule has 3 aromatic rings. The first-order chi connectivity index (χ1) is 14.1. The highest BCUT2D eigenvalue weighted by Crippen LogP contribution is 2.34. The number of nitrogens with zero attached hydrogens (tertiary/aromatic N) is 2. The minimum absolute atomic E-state index is 0.205. The van der Waals surface area contributed by atoms with Crippen molar-refractivity contribution in [1.29, 1.82) is 0 Å². The summed E-state index contributed by atoms with van der Waals surface area (Å²) in [5.74, 6) is 2.09. The normalized spacial score (nSPS) is 11.8. The summed E-state index contributed by atoms with van der Waals surface area (Å²) < 4.78 is 16.0. The first kappa shape index (κ1) is 18.5. The fourth-order valence-electron chi connectivity index (χ4n) is 2.96. The van der Waals surface area contributed by atoms with Gasteiger partial charge in [0.25, 0.3) is 5.91 Å². The molecule has 0 aliphatic carbocycles. The van der Waals surface area contributed by atoms with Crippen molar-refractivity contribution in [3.8, 4) is 17.2 Å². The Balaban J connectivity index is 1.48. The van der Waals surface area contributed by atoms with Gasteiger partial charge >= 0.3 is 0 Å². The van der Waals surface area contributed by atoms with E-state index >= 15 is 0 Å². The van der Waals surface area contributed by atoms with E-state index in [4.69, 9.17) is 14.2 Å². The summed E-state index contributed by atoms with van der Waals surface area (Å²) >= 11 is 0. The molecule has 8 heteroatoms. The number of amides is 1. The van der Waals surface area contributed by atoms with Crippen LogP contribution < -0.4 is 24.8 Å². The molecule has 1 aliphatic heterocycles. The molecule has 2 aromatic carbocycles. The third-order valence-corrected chi connectivity index (χ3v) is 4.35. The number of methoxy groups -OCH3 is 1. The fraction of sp³-hybridized carbons (Fsp3) is 0.190. The number of fused-ring (bicyclic) bond motifs is 1. The second-order valence-electron chi connectivity index (χ2n) is 6.41. The highest BCUT2D eigenvalue weighted by Gasteiger charge is 2.15. The van der Waals surface area contributed by atoms with E-state index in [1.807, 2.05) is 37.3 Å². The van der Waals surface area contributed by atoms with E-state index in [9.17, 15) is 4.79 Å². The van der Waals surface area contributed by atoms with Crippen LogP contribution in [0, 0.1) is 6.92 Å². The third kappa shape index (κ3) is 4.21. The number of hydrogen-bond acceptors (Lipinski definition) is 7. The van der Waals surface area contributed by atoms with Gasteiger partial charge < -0.3 is 24.8 Å². The molecule has 0 saturated carbocycles. The van der Waals surface area contributed by atoms with Gasteiger partial charge in [-0.25, -0.2) is 9.97 Å². The van der Waals surface area contributed by atoms with Gasteiger partial charge in [-0.05, 0) is 31.2 Å².